The highest BCUT2D eigenvalue weighted by Gasteiger charge is 2.43. The smallest absolute Gasteiger partial charge is 0.335 e. The predicted molar refractivity (Wildman–Crippen MR) is 53.1 cm³/mol. The number of rotatable bonds is 1. The fourth-order valence-electron chi connectivity index (χ4n) is 2.01. The number of carbonyl (C=O) groups excluding carboxylic acids is 1. The van der Waals surface area contributed by atoms with Crippen LogP contribution in [0.25, 0.3) is 0 Å². The van der Waals surface area contributed by atoms with Crippen LogP contribution in [-0.4, -0.2) is 39.9 Å². The van der Waals surface area contributed by atoms with E-state index in [1.807, 2.05) is 0 Å². The number of nitrogens with zero attached hydrogens (tertiary/aromatic N) is 3. The lowest BCUT2D eigenvalue weighted by Crippen LogP contribution is -2.45. The van der Waals surface area contributed by atoms with Gasteiger partial charge in [0.05, 0.1) is 6.04 Å². The van der Waals surface area contributed by atoms with E-state index in [1.54, 1.807) is 23.1 Å². The topological polar surface area (TPSA) is 38.1 Å². The number of hydrogen-bond acceptors (Lipinski definition) is 2. The first kappa shape index (κ1) is 11.9. The molecule has 1 aliphatic rings. The van der Waals surface area contributed by atoms with Crippen LogP contribution in [0.1, 0.15) is 18.9 Å². The summed E-state index contributed by atoms with van der Waals surface area (Å²) in [5.41, 5.74) is 0. The SMILES string of the molecule is O=C(N1CCC(n2cccn2)CC1)C(F)(F)F. The molecule has 0 spiro atoms. The lowest BCUT2D eigenvalue weighted by Gasteiger charge is -2.32. The lowest BCUT2D eigenvalue weighted by molar-refractivity contribution is -0.186. The minimum atomic E-state index is -4.77. The lowest BCUT2D eigenvalue weighted by atomic mass is 10.1. The minimum Gasteiger partial charge on any atom is -0.335 e. The van der Waals surface area contributed by atoms with Crippen molar-refractivity contribution in [1.82, 2.24) is 14.7 Å². The molecule has 17 heavy (non-hydrogen) atoms. The maximum Gasteiger partial charge on any atom is 0.471 e. The molecule has 2 heterocycles. The van der Waals surface area contributed by atoms with Gasteiger partial charge in [-0.1, -0.05) is 0 Å². The van der Waals surface area contributed by atoms with Crippen LogP contribution in [0.4, 0.5) is 13.2 Å². The second-order valence-electron chi connectivity index (χ2n) is 4.01. The average molecular weight is 247 g/mol. The molecule has 0 radical (unpaired) electrons. The first-order valence-corrected chi connectivity index (χ1v) is 5.33. The summed E-state index contributed by atoms with van der Waals surface area (Å²) in [5, 5.41) is 4.05. The Morgan fingerprint density at radius 3 is 2.41 bits per heavy atom. The van der Waals surface area contributed by atoms with Crippen LogP contribution in [0.3, 0.4) is 0 Å². The van der Waals surface area contributed by atoms with Gasteiger partial charge < -0.3 is 4.90 Å². The van der Waals surface area contributed by atoms with E-state index in [0.717, 1.165) is 4.90 Å². The van der Waals surface area contributed by atoms with E-state index in [4.69, 9.17) is 0 Å². The van der Waals surface area contributed by atoms with Crippen molar-refractivity contribution in [1.29, 1.82) is 0 Å². The van der Waals surface area contributed by atoms with Gasteiger partial charge in [-0.05, 0) is 18.9 Å². The molecule has 2 rings (SSSR count). The van der Waals surface area contributed by atoms with Gasteiger partial charge >= 0.3 is 12.1 Å². The normalized spacial score (nSPS) is 18.4. The molecule has 0 N–H and O–H groups in total. The monoisotopic (exact) mass is 247 g/mol. The van der Waals surface area contributed by atoms with E-state index in [-0.39, 0.29) is 19.1 Å². The number of carbonyl (C=O) groups is 1. The quantitative estimate of drug-likeness (QED) is 0.756. The van der Waals surface area contributed by atoms with Gasteiger partial charge in [-0.3, -0.25) is 9.48 Å². The van der Waals surface area contributed by atoms with E-state index < -0.39 is 12.1 Å². The van der Waals surface area contributed by atoms with Crippen molar-refractivity contribution in [3.63, 3.8) is 0 Å². The maximum absolute atomic E-state index is 12.2. The highest BCUT2D eigenvalue weighted by atomic mass is 19.4. The fraction of sp³-hybridized carbons (Fsp3) is 0.600. The fourth-order valence-corrected chi connectivity index (χ4v) is 2.01. The Bertz CT molecular complexity index is 380. The largest absolute Gasteiger partial charge is 0.471 e. The molecule has 1 aromatic rings. The van der Waals surface area contributed by atoms with E-state index in [2.05, 4.69) is 5.10 Å². The standard InChI is InChI=1S/C10H12F3N3O/c11-10(12,13)9(17)15-6-2-8(3-7-15)16-5-1-4-14-16/h1,4-5,8H,2-3,6-7H2. The zero-order valence-electron chi connectivity index (χ0n) is 9.02. The number of alkyl halides is 3. The van der Waals surface area contributed by atoms with E-state index in [9.17, 15) is 18.0 Å². The van der Waals surface area contributed by atoms with Crippen molar-refractivity contribution in [2.75, 3.05) is 13.1 Å². The third-order valence-electron chi connectivity index (χ3n) is 2.89. The number of halogens is 3. The van der Waals surface area contributed by atoms with E-state index in [1.165, 1.54) is 0 Å². The Balaban J connectivity index is 1.93. The van der Waals surface area contributed by atoms with Crippen molar-refractivity contribution in [3.8, 4) is 0 Å². The van der Waals surface area contributed by atoms with Crippen LogP contribution in [0, 0.1) is 0 Å². The molecule has 0 saturated carbocycles. The third kappa shape index (κ3) is 2.59. The van der Waals surface area contributed by atoms with Gasteiger partial charge in [0.15, 0.2) is 0 Å². The second-order valence-corrected chi connectivity index (χ2v) is 4.01. The summed E-state index contributed by atoms with van der Waals surface area (Å²) >= 11 is 0. The molecule has 0 aliphatic carbocycles. The van der Waals surface area contributed by atoms with Crippen LogP contribution in [0.5, 0.6) is 0 Å². The molecule has 1 aliphatic heterocycles. The highest BCUT2D eigenvalue weighted by molar-refractivity contribution is 5.81. The first-order chi connectivity index (χ1) is 7.98. The van der Waals surface area contributed by atoms with Gasteiger partial charge in [0.2, 0.25) is 0 Å². The van der Waals surface area contributed by atoms with Crippen LogP contribution in [0.15, 0.2) is 18.5 Å². The molecular formula is C10H12F3N3O. The van der Waals surface area contributed by atoms with Crippen molar-refractivity contribution in [2.24, 2.45) is 0 Å². The Hall–Kier alpha value is -1.53. The molecule has 0 unspecified atom stereocenters. The summed E-state index contributed by atoms with van der Waals surface area (Å²) in [6.07, 6.45) is -0.343. The molecule has 0 bridgehead atoms. The van der Waals surface area contributed by atoms with Gasteiger partial charge in [0.1, 0.15) is 0 Å². The minimum absolute atomic E-state index is 0.0854. The molecular weight excluding hydrogens is 235 g/mol. The molecule has 0 aromatic carbocycles. The van der Waals surface area contributed by atoms with Gasteiger partial charge in [0, 0.05) is 25.5 Å². The van der Waals surface area contributed by atoms with Crippen molar-refractivity contribution >= 4 is 5.91 Å². The van der Waals surface area contributed by atoms with Crippen molar-refractivity contribution in [3.05, 3.63) is 18.5 Å². The third-order valence-corrected chi connectivity index (χ3v) is 2.89. The summed E-state index contributed by atoms with van der Waals surface area (Å²) in [7, 11) is 0. The number of piperidine rings is 1. The number of hydrogen-bond donors (Lipinski definition) is 0. The summed E-state index contributed by atoms with van der Waals surface area (Å²) in [5.74, 6) is -1.74. The number of aromatic nitrogens is 2. The Labute approximate surface area is 96.0 Å². The van der Waals surface area contributed by atoms with E-state index in [0.29, 0.717) is 12.8 Å². The molecule has 7 heteroatoms. The first-order valence-electron chi connectivity index (χ1n) is 5.33. The van der Waals surface area contributed by atoms with Crippen molar-refractivity contribution < 1.29 is 18.0 Å². The zero-order valence-corrected chi connectivity index (χ0v) is 9.02. The van der Waals surface area contributed by atoms with Crippen LogP contribution >= 0.6 is 0 Å². The van der Waals surface area contributed by atoms with Gasteiger partial charge in [-0.2, -0.15) is 18.3 Å². The summed E-state index contributed by atoms with van der Waals surface area (Å²) in [6.45, 7) is 0.256. The molecule has 1 fully saturated rings. The van der Waals surface area contributed by atoms with E-state index >= 15 is 0 Å². The number of amides is 1. The van der Waals surface area contributed by atoms with Gasteiger partial charge in [-0.25, -0.2) is 0 Å². The Morgan fingerprint density at radius 2 is 1.94 bits per heavy atom. The maximum atomic E-state index is 12.2. The predicted octanol–water partition coefficient (Wildman–Crippen LogP) is 1.61. The van der Waals surface area contributed by atoms with Crippen LogP contribution in [-0.2, 0) is 4.79 Å². The molecule has 1 saturated heterocycles. The Kier molecular flexibility index (Phi) is 3.08. The van der Waals surface area contributed by atoms with Crippen molar-refractivity contribution in [2.45, 2.75) is 25.1 Å². The summed E-state index contributed by atoms with van der Waals surface area (Å²) < 4.78 is 38.3. The second kappa shape index (κ2) is 4.38. The van der Waals surface area contributed by atoms with Crippen LogP contribution in [0.2, 0.25) is 0 Å². The highest BCUT2D eigenvalue weighted by Crippen LogP contribution is 2.25. The molecule has 1 amide bonds. The molecule has 1 aromatic heterocycles. The zero-order chi connectivity index (χ0) is 12.5. The number of likely N-dealkylation sites (tertiary alicyclic amines) is 1. The Morgan fingerprint density at radius 1 is 1.29 bits per heavy atom. The summed E-state index contributed by atoms with van der Waals surface area (Å²) in [4.78, 5) is 11.9. The van der Waals surface area contributed by atoms with Gasteiger partial charge in [-0.15, -0.1) is 0 Å². The molecule has 4 nitrogen and oxygen atoms in total. The average Bonchev–Trinajstić information content (AvgIpc) is 2.80. The van der Waals surface area contributed by atoms with Gasteiger partial charge in [0.25, 0.3) is 0 Å². The summed E-state index contributed by atoms with van der Waals surface area (Å²) in [6, 6.07) is 1.86. The molecule has 0 atom stereocenters. The van der Waals surface area contributed by atoms with Crippen LogP contribution < -0.4 is 0 Å². The molecule has 94 valence electrons.